The van der Waals surface area contributed by atoms with Crippen molar-refractivity contribution in [1.82, 2.24) is 5.32 Å². The maximum atomic E-state index is 13.8. The van der Waals surface area contributed by atoms with Gasteiger partial charge in [0.1, 0.15) is 10.2 Å². The Morgan fingerprint density at radius 1 is 1.42 bits per heavy atom. The van der Waals surface area contributed by atoms with E-state index in [0.717, 1.165) is 9.35 Å². The third kappa shape index (κ3) is 3.50. The van der Waals surface area contributed by atoms with Crippen molar-refractivity contribution in [2.75, 3.05) is 7.05 Å². The molecule has 0 bridgehead atoms. The number of nitrogens with one attached hydrogen (secondary N) is 1. The summed E-state index contributed by atoms with van der Waals surface area (Å²) in [5.41, 5.74) is 0.518. The predicted octanol–water partition coefficient (Wildman–Crippen LogP) is 5.46. The summed E-state index contributed by atoms with van der Waals surface area (Å²) >= 11 is 16.9. The maximum Gasteiger partial charge on any atom is 0.127 e. The van der Waals surface area contributed by atoms with Crippen LogP contribution in [0.1, 0.15) is 16.5 Å². The van der Waals surface area contributed by atoms with Crippen molar-refractivity contribution < 1.29 is 4.39 Å². The van der Waals surface area contributed by atoms with Crippen LogP contribution in [0, 0.1) is 5.82 Å². The summed E-state index contributed by atoms with van der Waals surface area (Å²) in [7, 11) is 1.83. The Morgan fingerprint density at radius 3 is 2.68 bits per heavy atom. The molecule has 1 heterocycles. The minimum Gasteiger partial charge on any atom is -0.312 e. The summed E-state index contributed by atoms with van der Waals surface area (Å²) in [4.78, 5) is 1.04. The lowest BCUT2D eigenvalue weighted by molar-refractivity contribution is 0.560. The van der Waals surface area contributed by atoms with Gasteiger partial charge < -0.3 is 5.32 Å². The van der Waals surface area contributed by atoms with Crippen LogP contribution in [-0.2, 0) is 6.42 Å². The normalized spacial score (nSPS) is 12.7. The summed E-state index contributed by atoms with van der Waals surface area (Å²) in [6, 6.07) is 6.65. The minimum absolute atomic E-state index is 0.0248. The average molecular weight is 383 g/mol. The highest BCUT2D eigenvalue weighted by molar-refractivity contribution is 9.10. The van der Waals surface area contributed by atoms with Crippen LogP contribution in [0.4, 0.5) is 4.39 Å². The van der Waals surface area contributed by atoms with Gasteiger partial charge in [-0.2, -0.15) is 0 Å². The van der Waals surface area contributed by atoms with Gasteiger partial charge in [-0.25, -0.2) is 4.39 Å². The fourth-order valence-electron chi connectivity index (χ4n) is 1.81. The van der Waals surface area contributed by atoms with Gasteiger partial charge >= 0.3 is 0 Å². The molecular weight excluding hydrogens is 372 g/mol. The summed E-state index contributed by atoms with van der Waals surface area (Å²) in [6.07, 6.45) is 0.477. The molecule has 1 aromatic carbocycles. The highest BCUT2D eigenvalue weighted by Gasteiger charge is 2.18. The van der Waals surface area contributed by atoms with Crippen molar-refractivity contribution >= 4 is 50.5 Å². The van der Waals surface area contributed by atoms with E-state index in [9.17, 15) is 4.39 Å². The molecule has 0 saturated carbocycles. The van der Waals surface area contributed by atoms with Gasteiger partial charge in [0.15, 0.2) is 0 Å². The monoisotopic (exact) mass is 381 g/mol. The molecule has 0 aliphatic heterocycles. The Labute approximate surface area is 133 Å². The van der Waals surface area contributed by atoms with Crippen LogP contribution >= 0.6 is 50.5 Å². The molecule has 0 aliphatic rings. The van der Waals surface area contributed by atoms with E-state index in [1.807, 2.05) is 13.1 Å². The summed E-state index contributed by atoms with van der Waals surface area (Å²) < 4.78 is 15.3. The Balaban J connectivity index is 2.29. The SMILES string of the molecule is CNC(Cc1c(F)cccc1Cl)c1cc(Br)c(Cl)s1. The zero-order valence-corrected chi connectivity index (χ0v) is 13.9. The molecule has 0 saturated heterocycles. The molecule has 1 aromatic heterocycles. The number of benzene rings is 1. The molecule has 19 heavy (non-hydrogen) atoms. The van der Waals surface area contributed by atoms with Gasteiger partial charge in [-0.15, -0.1) is 11.3 Å². The molecule has 6 heteroatoms. The largest absolute Gasteiger partial charge is 0.312 e. The molecule has 0 fully saturated rings. The van der Waals surface area contributed by atoms with E-state index in [4.69, 9.17) is 23.2 Å². The first kappa shape index (κ1) is 15.3. The van der Waals surface area contributed by atoms with E-state index in [2.05, 4.69) is 21.2 Å². The molecule has 2 rings (SSSR count). The Kier molecular flexibility index (Phi) is 5.26. The zero-order valence-electron chi connectivity index (χ0n) is 10.0. The van der Waals surface area contributed by atoms with Crippen LogP contribution in [-0.4, -0.2) is 7.05 Å². The van der Waals surface area contributed by atoms with Crippen LogP contribution < -0.4 is 5.32 Å². The zero-order chi connectivity index (χ0) is 14.0. The van der Waals surface area contributed by atoms with Crippen molar-refractivity contribution in [3.05, 3.63) is 54.4 Å². The van der Waals surface area contributed by atoms with Crippen LogP contribution in [0.3, 0.4) is 0 Å². The summed E-state index contributed by atoms with van der Waals surface area (Å²) in [5.74, 6) is -0.283. The van der Waals surface area contributed by atoms with Crippen LogP contribution in [0.25, 0.3) is 0 Å². The van der Waals surface area contributed by atoms with Crippen molar-refractivity contribution in [3.8, 4) is 0 Å². The minimum atomic E-state index is -0.283. The molecule has 1 unspecified atom stereocenters. The summed E-state index contributed by atoms with van der Waals surface area (Å²) in [5, 5.41) is 3.61. The summed E-state index contributed by atoms with van der Waals surface area (Å²) in [6.45, 7) is 0. The molecule has 102 valence electrons. The first-order valence-electron chi connectivity index (χ1n) is 5.57. The fourth-order valence-corrected chi connectivity index (χ4v) is 3.90. The van der Waals surface area contributed by atoms with E-state index in [1.54, 1.807) is 12.1 Å². The van der Waals surface area contributed by atoms with Crippen LogP contribution in [0.15, 0.2) is 28.7 Å². The quantitative estimate of drug-likeness (QED) is 0.740. The van der Waals surface area contributed by atoms with Crippen molar-refractivity contribution in [1.29, 1.82) is 0 Å². The second kappa shape index (κ2) is 6.55. The van der Waals surface area contributed by atoms with Gasteiger partial charge in [-0.1, -0.05) is 29.3 Å². The van der Waals surface area contributed by atoms with Gasteiger partial charge in [0.05, 0.1) is 0 Å². The molecule has 0 spiro atoms. The van der Waals surface area contributed by atoms with Gasteiger partial charge in [0.2, 0.25) is 0 Å². The molecular formula is C13H11BrCl2FNS. The average Bonchev–Trinajstić information content (AvgIpc) is 2.69. The number of hydrogen-bond acceptors (Lipinski definition) is 2. The lowest BCUT2D eigenvalue weighted by atomic mass is 10.0. The van der Waals surface area contributed by atoms with Crippen LogP contribution in [0.2, 0.25) is 9.36 Å². The van der Waals surface area contributed by atoms with Gasteiger partial charge in [0.25, 0.3) is 0 Å². The molecule has 0 amide bonds. The van der Waals surface area contributed by atoms with E-state index in [1.165, 1.54) is 17.4 Å². The first-order valence-corrected chi connectivity index (χ1v) is 7.94. The molecule has 0 aliphatic carbocycles. The second-order valence-electron chi connectivity index (χ2n) is 4.02. The number of halogens is 4. The lowest BCUT2D eigenvalue weighted by Crippen LogP contribution is -2.18. The number of rotatable bonds is 4. The standard InChI is InChI=1S/C13H11BrCl2FNS/c1-18-11(12-6-8(14)13(16)19-12)5-7-9(15)3-2-4-10(7)17/h2-4,6,11,18H,5H2,1H3. The van der Waals surface area contributed by atoms with Gasteiger partial charge in [-0.3, -0.25) is 0 Å². The van der Waals surface area contributed by atoms with Gasteiger partial charge in [0, 0.05) is 26.0 Å². The number of likely N-dealkylation sites (N-methyl/N-ethyl adjacent to an activating group) is 1. The number of thiophene rings is 1. The van der Waals surface area contributed by atoms with Crippen LogP contribution in [0.5, 0.6) is 0 Å². The number of hydrogen-bond donors (Lipinski definition) is 1. The topological polar surface area (TPSA) is 12.0 Å². The van der Waals surface area contributed by atoms with E-state index in [0.29, 0.717) is 21.3 Å². The third-order valence-corrected chi connectivity index (χ3v) is 5.77. The Hall–Kier alpha value is -0.130. The Morgan fingerprint density at radius 2 is 2.16 bits per heavy atom. The molecule has 1 N–H and O–H groups in total. The fraction of sp³-hybridized carbons (Fsp3) is 0.231. The second-order valence-corrected chi connectivity index (χ2v) is 6.96. The van der Waals surface area contributed by atoms with E-state index in [-0.39, 0.29) is 11.9 Å². The molecule has 2 aromatic rings. The van der Waals surface area contributed by atoms with E-state index < -0.39 is 0 Å². The molecule has 1 nitrogen and oxygen atoms in total. The third-order valence-electron chi connectivity index (χ3n) is 2.83. The van der Waals surface area contributed by atoms with E-state index >= 15 is 0 Å². The molecule has 0 radical (unpaired) electrons. The lowest BCUT2D eigenvalue weighted by Gasteiger charge is -2.16. The van der Waals surface area contributed by atoms with Gasteiger partial charge in [-0.05, 0) is 47.6 Å². The molecule has 1 atom stereocenters. The highest BCUT2D eigenvalue weighted by atomic mass is 79.9. The predicted molar refractivity (Wildman–Crippen MR) is 83.9 cm³/mol. The van der Waals surface area contributed by atoms with Crippen molar-refractivity contribution in [2.24, 2.45) is 0 Å². The van der Waals surface area contributed by atoms with Crippen molar-refractivity contribution in [2.45, 2.75) is 12.5 Å². The maximum absolute atomic E-state index is 13.8. The highest BCUT2D eigenvalue weighted by Crippen LogP contribution is 2.37. The van der Waals surface area contributed by atoms with Crippen molar-refractivity contribution in [3.63, 3.8) is 0 Å². The Bertz CT molecular complexity index is 548. The smallest absolute Gasteiger partial charge is 0.127 e. The first-order chi connectivity index (χ1) is 9.02.